The second-order valence-corrected chi connectivity index (χ2v) is 5.31. The third-order valence-corrected chi connectivity index (χ3v) is 3.41. The van der Waals surface area contributed by atoms with E-state index in [1.165, 1.54) is 12.1 Å². The van der Waals surface area contributed by atoms with Gasteiger partial charge in [-0.2, -0.15) is 0 Å². The Balaban J connectivity index is 2.79. The van der Waals surface area contributed by atoms with Gasteiger partial charge in [-0.3, -0.25) is 0 Å². The van der Waals surface area contributed by atoms with Crippen LogP contribution in [0.15, 0.2) is 18.2 Å². The molecule has 0 aliphatic heterocycles. The molecule has 0 saturated heterocycles. The molecule has 1 rings (SSSR count). The molecule has 0 aliphatic rings. The number of nitrogens with one attached hydrogen (secondary N) is 1. The van der Waals surface area contributed by atoms with Gasteiger partial charge in [-0.05, 0) is 43.0 Å². The normalized spacial score (nSPS) is 14.4. The van der Waals surface area contributed by atoms with E-state index in [1.807, 2.05) is 0 Å². The molecule has 19 heavy (non-hydrogen) atoms. The van der Waals surface area contributed by atoms with Crippen molar-refractivity contribution < 1.29 is 8.78 Å². The Bertz CT molecular complexity index is 379. The average molecular weight is 269 g/mol. The van der Waals surface area contributed by atoms with E-state index in [2.05, 4.69) is 26.1 Å². The first kappa shape index (κ1) is 16.1. The second-order valence-electron chi connectivity index (χ2n) is 5.31. The quantitative estimate of drug-likeness (QED) is 0.712. The topological polar surface area (TPSA) is 12.0 Å². The first-order valence-corrected chi connectivity index (χ1v) is 7.26. The summed E-state index contributed by atoms with van der Waals surface area (Å²) in [4.78, 5) is 0. The molecule has 0 heterocycles. The fourth-order valence-electron chi connectivity index (χ4n) is 2.40. The minimum absolute atomic E-state index is 0.108. The van der Waals surface area contributed by atoms with Crippen LogP contribution in [0.2, 0.25) is 0 Å². The first-order valence-electron chi connectivity index (χ1n) is 7.26. The van der Waals surface area contributed by atoms with Crippen LogP contribution in [0.25, 0.3) is 0 Å². The van der Waals surface area contributed by atoms with Crippen LogP contribution in [-0.2, 0) is 0 Å². The Morgan fingerprint density at radius 1 is 1.11 bits per heavy atom. The summed E-state index contributed by atoms with van der Waals surface area (Å²) in [6.45, 7) is 7.37. The molecule has 0 spiro atoms. The monoisotopic (exact) mass is 269 g/mol. The summed E-state index contributed by atoms with van der Waals surface area (Å²) < 4.78 is 26.3. The van der Waals surface area contributed by atoms with Crippen molar-refractivity contribution >= 4 is 0 Å². The Labute approximate surface area is 115 Å². The summed E-state index contributed by atoms with van der Waals surface area (Å²) >= 11 is 0. The van der Waals surface area contributed by atoms with Gasteiger partial charge in [0, 0.05) is 6.04 Å². The van der Waals surface area contributed by atoms with Gasteiger partial charge in [0.05, 0.1) is 0 Å². The molecule has 0 aliphatic carbocycles. The highest BCUT2D eigenvalue weighted by Gasteiger charge is 2.16. The molecule has 0 radical (unpaired) electrons. The van der Waals surface area contributed by atoms with Crippen molar-refractivity contribution in [1.29, 1.82) is 0 Å². The SMILES string of the molecule is CCCNC(CC(C)CCC)c1ccc(F)c(F)c1. The molecule has 108 valence electrons. The number of halogens is 2. The molecule has 1 aromatic carbocycles. The zero-order valence-corrected chi connectivity index (χ0v) is 12.2. The third-order valence-electron chi connectivity index (χ3n) is 3.41. The lowest BCUT2D eigenvalue weighted by Crippen LogP contribution is -2.24. The molecule has 0 amide bonds. The zero-order chi connectivity index (χ0) is 14.3. The summed E-state index contributed by atoms with van der Waals surface area (Å²) in [5, 5.41) is 3.43. The molecule has 2 unspecified atom stereocenters. The summed E-state index contributed by atoms with van der Waals surface area (Å²) in [7, 11) is 0. The Morgan fingerprint density at radius 2 is 1.84 bits per heavy atom. The Hall–Kier alpha value is -0.960. The van der Waals surface area contributed by atoms with E-state index in [4.69, 9.17) is 0 Å². The lowest BCUT2D eigenvalue weighted by molar-refractivity contribution is 0.388. The second kappa shape index (κ2) is 8.26. The maximum absolute atomic E-state index is 13.3. The van der Waals surface area contributed by atoms with Crippen molar-refractivity contribution in [3.63, 3.8) is 0 Å². The van der Waals surface area contributed by atoms with Crippen LogP contribution in [0.4, 0.5) is 8.78 Å². The highest BCUT2D eigenvalue weighted by Crippen LogP contribution is 2.25. The fraction of sp³-hybridized carbons (Fsp3) is 0.625. The minimum Gasteiger partial charge on any atom is -0.310 e. The molecule has 0 fully saturated rings. The molecule has 0 bridgehead atoms. The molecule has 3 heteroatoms. The molecular formula is C16H25F2N. The van der Waals surface area contributed by atoms with Crippen molar-refractivity contribution in [2.45, 2.75) is 52.5 Å². The molecule has 0 aromatic heterocycles. The molecule has 1 aromatic rings. The van der Waals surface area contributed by atoms with Crippen molar-refractivity contribution in [3.05, 3.63) is 35.4 Å². The third kappa shape index (κ3) is 5.27. The van der Waals surface area contributed by atoms with Crippen molar-refractivity contribution in [3.8, 4) is 0 Å². The highest BCUT2D eigenvalue weighted by molar-refractivity contribution is 5.21. The van der Waals surface area contributed by atoms with Gasteiger partial charge in [-0.25, -0.2) is 8.78 Å². The van der Waals surface area contributed by atoms with E-state index < -0.39 is 11.6 Å². The van der Waals surface area contributed by atoms with Crippen molar-refractivity contribution in [1.82, 2.24) is 5.32 Å². The summed E-state index contributed by atoms with van der Waals surface area (Å²) in [6.07, 6.45) is 4.30. The van der Waals surface area contributed by atoms with E-state index in [9.17, 15) is 8.78 Å². The Morgan fingerprint density at radius 3 is 2.42 bits per heavy atom. The average Bonchev–Trinajstić information content (AvgIpc) is 2.38. The first-order chi connectivity index (χ1) is 9.08. The van der Waals surface area contributed by atoms with Crippen LogP contribution in [0.1, 0.15) is 58.1 Å². The fourth-order valence-corrected chi connectivity index (χ4v) is 2.40. The highest BCUT2D eigenvalue weighted by atomic mass is 19.2. The van der Waals surface area contributed by atoms with Gasteiger partial charge < -0.3 is 5.32 Å². The standard InChI is InChI=1S/C16H25F2N/c1-4-6-12(3)10-16(19-9-5-2)13-7-8-14(17)15(18)11-13/h7-8,11-12,16,19H,4-6,9-10H2,1-3H3. The smallest absolute Gasteiger partial charge is 0.159 e. The molecule has 0 saturated carbocycles. The predicted octanol–water partition coefficient (Wildman–Crippen LogP) is 4.83. The lowest BCUT2D eigenvalue weighted by atomic mass is 9.93. The molecule has 2 atom stereocenters. The van der Waals surface area contributed by atoms with E-state index in [0.29, 0.717) is 5.92 Å². The van der Waals surface area contributed by atoms with Crippen LogP contribution in [0.3, 0.4) is 0 Å². The lowest BCUT2D eigenvalue weighted by Gasteiger charge is -2.22. The van der Waals surface area contributed by atoms with E-state index in [1.54, 1.807) is 6.07 Å². The van der Waals surface area contributed by atoms with Gasteiger partial charge in [0.25, 0.3) is 0 Å². The summed E-state index contributed by atoms with van der Waals surface area (Å²) in [5.74, 6) is -0.962. The Kier molecular flexibility index (Phi) is 7.00. The van der Waals surface area contributed by atoms with Crippen LogP contribution in [-0.4, -0.2) is 6.54 Å². The van der Waals surface area contributed by atoms with Gasteiger partial charge in [-0.15, -0.1) is 0 Å². The molecule has 1 nitrogen and oxygen atoms in total. The van der Waals surface area contributed by atoms with Gasteiger partial charge in [0.2, 0.25) is 0 Å². The van der Waals surface area contributed by atoms with Gasteiger partial charge in [0.1, 0.15) is 0 Å². The van der Waals surface area contributed by atoms with Crippen molar-refractivity contribution in [2.24, 2.45) is 5.92 Å². The van der Waals surface area contributed by atoms with Crippen LogP contribution in [0.5, 0.6) is 0 Å². The zero-order valence-electron chi connectivity index (χ0n) is 12.2. The van der Waals surface area contributed by atoms with Gasteiger partial charge in [0.15, 0.2) is 11.6 Å². The predicted molar refractivity (Wildman–Crippen MR) is 76.1 cm³/mol. The van der Waals surface area contributed by atoms with Gasteiger partial charge >= 0.3 is 0 Å². The van der Waals surface area contributed by atoms with E-state index in [0.717, 1.165) is 37.8 Å². The minimum atomic E-state index is -0.778. The van der Waals surface area contributed by atoms with E-state index >= 15 is 0 Å². The number of hydrogen-bond acceptors (Lipinski definition) is 1. The largest absolute Gasteiger partial charge is 0.310 e. The summed E-state index contributed by atoms with van der Waals surface area (Å²) in [6, 6.07) is 4.33. The maximum Gasteiger partial charge on any atom is 0.159 e. The molecular weight excluding hydrogens is 244 g/mol. The van der Waals surface area contributed by atoms with Crippen LogP contribution < -0.4 is 5.32 Å². The number of hydrogen-bond donors (Lipinski definition) is 1. The number of rotatable bonds is 8. The maximum atomic E-state index is 13.3. The van der Waals surface area contributed by atoms with E-state index in [-0.39, 0.29) is 6.04 Å². The number of benzene rings is 1. The molecule has 1 N–H and O–H groups in total. The van der Waals surface area contributed by atoms with Crippen molar-refractivity contribution in [2.75, 3.05) is 6.54 Å². The summed E-state index contributed by atoms with van der Waals surface area (Å²) in [5.41, 5.74) is 0.843. The van der Waals surface area contributed by atoms with Gasteiger partial charge in [-0.1, -0.05) is 39.7 Å². The van der Waals surface area contributed by atoms with Crippen LogP contribution >= 0.6 is 0 Å². The van der Waals surface area contributed by atoms with Crippen LogP contribution in [0, 0.1) is 17.6 Å².